The molecule has 3 rings (SSSR count). The first kappa shape index (κ1) is 22.5. The van der Waals surface area contributed by atoms with Gasteiger partial charge in [-0.1, -0.05) is 19.3 Å². The Morgan fingerprint density at radius 3 is 2.59 bits per heavy atom. The van der Waals surface area contributed by atoms with E-state index in [4.69, 9.17) is 4.42 Å². The van der Waals surface area contributed by atoms with Crippen LogP contribution < -0.4 is 10.6 Å². The predicted octanol–water partition coefficient (Wildman–Crippen LogP) is 3.28. The van der Waals surface area contributed by atoms with Crippen LogP contribution in [0.1, 0.15) is 63.7 Å². The Labute approximate surface area is 180 Å². The van der Waals surface area contributed by atoms with Crippen molar-refractivity contribution in [3.8, 4) is 0 Å². The van der Waals surface area contributed by atoms with Crippen molar-refractivity contribution < 1.29 is 9.52 Å². The average Bonchev–Trinajstić information content (AvgIpc) is 3.35. The second-order valence-electron chi connectivity index (χ2n) is 7.64. The molecule has 3 N–H and O–H groups in total. The summed E-state index contributed by atoms with van der Waals surface area (Å²) in [6.45, 7) is 6.31. The highest BCUT2D eigenvalue weighted by molar-refractivity contribution is 14.0. The molecule has 1 unspecified atom stereocenters. The smallest absolute Gasteiger partial charge is 0.191 e. The number of aliphatic imine (C=N–C) groups is 1. The van der Waals surface area contributed by atoms with Gasteiger partial charge < -0.3 is 20.2 Å². The molecular formula is C20H35IN4O2. The van der Waals surface area contributed by atoms with E-state index in [1.807, 2.05) is 6.07 Å². The first-order chi connectivity index (χ1) is 12.7. The molecule has 6 nitrogen and oxygen atoms in total. The van der Waals surface area contributed by atoms with E-state index >= 15 is 0 Å². The highest BCUT2D eigenvalue weighted by Gasteiger charge is 2.29. The molecule has 1 aliphatic carbocycles. The number of halogens is 1. The summed E-state index contributed by atoms with van der Waals surface area (Å²) in [6, 6.07) is 4.23. The van der Waals surface area contributed by atoms with Crippen LogP contribution in [0.5, 0.6) is 0 Å². The van der Waals surface area contributed by atoms with Crippen molar-refractivity contribution in [3.63, 3.8) is 0 Å². The van der Waals surface area contributed by atoms with E-state index in [-0.39, 0.29) is 30.0 Å². The minimum atomic E-state index is -0.629. The van der Waals surface area contributed by atoms with E-state index < -0.39 is 5.60 Å². The highest BCUT2D eigenvalue weighted by Crippen LogP contribution is 2.28. The van der Waals surface area contributed by atoms with Crippen LogP contribution in [-0.2, 0) is 0 Å². The number of nitrogens with zero attached hydrogens (tertiary/aromatic N) is 2. The Hall–Kier alpha value is -0.800. The zero-order valence-electron chi connectivity index (χ0n) is 16.5. The van der Waals surface area contributed by atoms with Gasteiger partial charge >= 0.3 is 0 Å². The van der Waals surface area contributed by atoms with Crippen LogP contribution in [0.15, 0.2) is 27.8 Å². The molecule has 1 atom stereocenters. The summed E-state index contributed by atoms with van der Waals surface area (Å²) in [6.07, 6.45) is 9.40. The fourth-order valence-electron chi connectivity index (χ4n) is 4.07. The highest BCUT2D eigenvalue weighted by atomic mass is 127. The second kappa shape index (κ2) is 11.3. The summed E-state index contributed by atoms with van der Waals surface area (Å²) >= 11 is 0. The molecule has 1 saturated heterocycles. The number of aliphatic hydroxyl groups is 1. The maximum absolute atomic E-state index is 10.7. The van der Waals surface area contributed by atoms with Gasteiger partial charge in [-0.05, 0) is 57.8 Å². The Morgan fingerprint density at radius 2 is 1.96 bits per heavy atom. The van der Waals surface area contributed by atoms with Crippen molar-refractivity contribution in [3.05, 3.63) is 24.2 Å². The minimum absolute atomic E-state index is 0. The minimum Gasteiger partial charge on any atom is -0.468 e. The topological polar surface area (TPSA) is 73.0 Å². The largest absolute Gasteiger partial charge is 0.468 e. The molecule has 0 aromatic carbocycles. The maximum atomic E-state index is 10.7. The lowest BCUT2D eigenvalue weighted by atomic mass is 9.85. The fraction of sp³-hybridized carbons (Fsp3) is 0.750. The third-order valence-electron chi connectivity index (χ3n) is 5.58. The second-order valence-corrected chi connectivity index (χ2v) is 7.64. The number of furan rings is 1. The SMILES string of the molecule is CCNC(=NCC1(O)CCCCC1)NCC(c1ccco1)N1CCCC1.I. The Morgan fingerprint density at radius 1 is 1.22 bits per heavy atom. The molecule has 0 spiro atoms. The zero-order chi connectivity index (χ0) is 18.2. The van der Waals surface area contributed by atoms with Gasteiger partial charge in [0.2, 0.25) is 0 Å². The molecule has 1 aliphatic heterocycles. The normalized spacial score (nSPS) is 21.5. The molecule has 2 heterocycles. The van der Waals surface area contributed by atoms with E-state index in [1.54, 1.807) is 6.26 Å². The number of hydrogen-bond acceptors (Lipinski definition) is 4. The van der Waals surface area contributed by atoms with Gasteiger partial charge in [0, 0.05) is 13.1 Å². The van der Waals surface area contributed by atoms with Crippen molar-refractivity contribution in [2.45, 2.75) is 63.5 Å². The summed E-state index contributed by atoms with van der Waals surface area (Å²) in [5, 5.41) is 17.5. The van der Waals surface area contributed by atoms with E-state index in [1.165, 1.54) is 19.3 Å². The number of nitrogens with one attached hydrogen (secondary N) is 2. The van der Waals surface area contributed by atoms with Gasteiger partial charge in [0.25, 0.3) is 0 Å². The quantitative estimate of drug-likeness (QED) is 0.311. The maximum Gasteiger partial charge on any atom is 0.191 e. The summed E-state index contributed by atoms with van der Waals surface area (Å²) < 4.78 is 5.69. The first-order valence-electron chi connectivity index (χ1n) is 10.2. The van der Waals surface area contributed by atoms with Gasteiger partial charge in [-0.15, -0.1) is 24.0 Å². The van der Waals surface area contributed by atoms with Crippen LogP contribution in [0.25, 0.3) is 0 Å². The molecular weight excluding hydrogens is 455 g/mol. The monoisotopic (exact) mass is 490 g/mol. The Bertz CT molecular complexity index is 552. The van der Waals surface area contributed by atoms with Gasteiger partial charge in [-0.25, -0.2) is 0 Å². The summed E-state index contributed by atoms with van der Waals surface area (Å²) in [5.41, 5.74) is -0.629. The fourth-order valence-corrected chi connectivity index (χ4v) is 4.07. The Balaban J connectivity index is 0.00000261. The molecule has 27 heavy (non-hydrogen) atoms. The van der Waals surface area contributed by atoms with E-state index in [2.05, 4.69) is 33.5 Å². The summed E-state index contributed by atoms with van der Waals surface area (Å²) in [4.78, 5) is 7.16. The third-order valence-corrected chi connectivity index (χ3v) is 5.58. The van der Waals surface area contributed by atoms with Gasteiger partial charge in [0.05, 0.1) is 24.5 Å². The third kappa shape index (κ3) is 6.64. The molecule has 2 fully saturated rings. The molecule has 2 aliphatic rings. The van der Waals surface area contributed by atoms with E-state index in [0.29, 0.717) is 6.54 Å². The molecule has 1 saturated carbocycles. The lowest BCUT2D eigenvalue weighted by Crippen LogP contribution is -2.44. The molecule has 0 bridgehead atoms. The Kier molecular flexibility index (Phi) is 9.38. The van der Waals surface area contributed by atoms with Crippen molar-refractivity contribution in [2.75, 3.05) is 32.7 Å². The van der Waals surface area contributed by atoms with Gasteiger partial charge in [-0.2, -0.15) is 0 Å². The van der Waals surface area contributed by atoms with Crippen molar-refractivity contribution in [1.29, 1.82) is 0 Å². The first-order valence-corrected chi connectivity index (χ1v) is 10.2. The van der Waals surface area contributed by atoms with Crippen molar-refractivity contribution >= 4 is 29.9 Å². The lowest BCUT2D eigenvalue weighted by Gasteiger charge is -2.31. The molecule has 7 heteroatoms. The molecule has 0 amide bonds. The zero-order valence-corrected chi connectivity index (χ0v) is 18.8. The van der Waals surface area contributed by atoms with Crippen molar-refractivity contribution in [2.24, 2.45) is 4.99 Å². The van der Waals surface area contributed by atoms with Gasteiger partial charge in [0.15, 0.2) is 5.96 Å². The molecule has 0 radical (unpaired) electrons. The van der Waals surface area contributed by atoms with Crippen molar-refractivity contribution in [1.82, 2.24) is 15.5 Å². The molecule has 154 valence electrons. The van der Waals surface area contributed by atoms with Crippen LogP contribution in [0.4, 0.5) is 0 Å². The molecule has 1 aromatic heterocycles. The van der Waals surface area contributed by atoms with Gasteiger partial charge in [-0.3, -0.25) is 9.89 Å². The van der Waals surface area contributed by atoms with Crippen LogP contribution in [0.2, 0.25) is 0 Å². The lowest BCUT2D eigenvalue weighted by molar-refractivity contribution is 0.0131. The van der Waals surface area contributed by atoms with Crippen LogP contribution in [-0.4, -0.2) is 54.3 Å². The van der Waals surface area contributed by atoms with Crippen LogP contribution in [0.3, 0.4) is 0 Å². The van der Waals surface area contributed by atoms with E-state index in [0.717, 1.165) is 63.6 Å². The number of guanidine groups is 1. The number of rotatable bonds is 7. The van der Waals surface area contributed by atoms with E-state index in [9.17, 15) is 5.11 Å². The van der Waals surface area contributed by atoms with Crippen LogP contribution >= 0.6 is 24.0 Å². The van der Waals surface area contributed by atoms with Gasteiger partial charge in [0.1, 0.15) is 5.76 Å². The standard InChI is InChI=1S/C20H34N4O2.HI/c1-2-21-19(23-16-20(25)10-4-3-5-11-20)22-15-17(18-9-8-14-26-18)24-12-6-7-13-24;/h8-9,14,17,25H,2-7,10-13,15-16H2,1H3,(H2,21,22,23);1H. The van der Waals surface area contributed by atoms with Crippen LogP contribution in [0, 0.1) is 0 Å². The summed E-state index contributed by atoms with van der Waals surface area (Å²) in [5.74, 6) is 1.78. The number of hydrogen-bond donors (Lipinski definition) is 3. The molecule has 1 aromatic rings. The average molecular weight is 490 g/mol. The predicted molar refractivity (Wildman–Crippen MR) is 120 cm³/mol. The number of likely N-dealkylation sites (tertiary alicyclic amines) is 1. The summed E-state index contributed by atoms with van der Waals surface area (Å²) in [7, 11) is 0.